The van der Waals surface area contributed by atoms with E-state index >= 15 is 0 Å². The highest BCUT2D eigenvalue weighted by molar-refractivity contribution is 6.09. The molecule has 2 aromatic carbocycles. The monoisotopic (exact) mass is 842 g/mol. The van der Waals surface area contributed by atoms with Crippen LogP contribution in [0.15, 0.2) is 69.9 Å². The van der Waals surface area contributed by atoms with E-state index in [-0.39, 0.29) is 41.8 Å². The lowest BCUT2D eigenvalue weighted by molar-refractivity contribution is -0.135. The van der Waals surface area contributed by atoms with Crippen molar-refractivity contribution in [1.29, 1.82) is 0 Å². The second-order valence-electron chi connectivity index (χ2n) is 17.4. The van der Waals surface area contributed by atoms with Gasteiger partial charge in [0.25, 0.3) is 0 Å². The van der Waals surface area contributed by atoms with E-state index in [4.69, 9.17) is 23.5 Å². The highest BCUT2D eigenvalue weighted by Gasteiger charge is 2.38. The Hall–Kier alpha value is -6.31. The van der Waals surface area contributed by atoms with Crippen LogP contribution in [0.4, 0.5) is 4.79 Å². The summed E-state index contributed by atoms with van der Waals surface area (Å²) in [5, 5.41) is 7.81. The Morgan fingerprint density at radius 2 is 1.29 bits per heavy atom. The minimum Gasteiger partial charge on any atom is -0.461 e. The van der Waals surface area contributed by atoms with Crippen LogP contribution >= 0.6 is 0 Å². The highest BCUT2D eigenvalue weighted by Crippen LogP contribution is 2.44. The van der Waals surface area contributed by atoms with Gasteiger partial charge in [-0.15, -0.1) is 0 Å². The summed E-state index contributed by atoms with van der Waals surface area (Å²) in [5.74, 6) is 3.04. The quantitative estimate of drug-likeness (QED) is 0.0883. The first-order valence-electron chi connectivity index (χ1n) is 21.8. The largest absolute Gasteiger partial charge is 0.461 e. The first kappa shape index (κ1) is 42.4. The molecule has 0 aliphatic carbocycles. The molecule has 0 unspecified atom stereocenters. The van der Waals surface area contributed by atoms with Gasteiger partial charge in [-0.1, -0.05) is 53.3 Å². The molecule has 4 N–H and O–H groups in total. The van der Waals surface area contributed by atoms with E-state index in [0.717, 1.165) is 105 Å². The molecule has 6 heterocycles. The van der Waals surface area contributed by atoms with Gasteiger partial charge in [0.2, 0.25) is 11.8 Å². The Morgan fingerprint density at radius 1 is 0.774 bits per heavy atom. The maximum atomic E-state index is 13.8. The van der Waals surface area contributed by atoms with Gasteiger partial charge in [-0.3, -0.25) is 9.59 Å². The average Bonchev–Trinajstić information content (AvgIpc) is 4.11. The van der Waals surface area contributed by atoms with Crippen molar-refractivity contribution in [2.75, 3.05) is 20.2 Å². The number of carbonyl (C=O) groups excluding carboxylic acids is 3. The fourth-order valence-corrected chi connectivity index (χ4v) is 9.35. The van der Waals surface area contributed by atoms with E-state index < -0.39 is 12.1 Å². The van der Waals surface area contributed by atoms with Crippen LogP contribution in [0.1, 0.15) is 102 Å². The number of methoxy groups -OCH3 is 1. The molecule has 4 atom stereocenters. The lowest BCUT2D eigenvalue weighted by Crippen LogP contribution is -2.51. The van der Waals surface area contributed by atoms with Crippen LogP contribution in [0.2, 0.25) is 0 Å². The first-order chi connectivity index (χ1) is 29.8. The van der Waals surface area contributed by atoms with Gasteiger partial charge in [-0.05, 0) is 81.2 Å². The minimum absolute atomic E-state index is 0.0193. The predicted molar refractivity (Wildman–Crippen MR) is 239 cm³/mol. The number of imidazole rings is 2. The van der Waals surface area contributed by atoms with Crippen LogP contribution < -0.4 is 10.6 Å². The van der Waals surface area contributed by atoms with Gasteiger partial charge >= 0.3 is 6.09 Å². The number of H-pyrrole nitrogens is 2. The third-order valence-corrected chi connectivity index (χ3v) is 12.5. The SMILES string of the molecule is C=C([C@@H](NC(=O)CC)C(C)C)N1CCC[C@H]1c1ncc(-c2ccc(-c3ccc(-c4cnc([C@@H]5CCCN5C(=O)[C@@H](NC(=O)OC)C(C)C)[nH]4)c4oc(C)cc34)c3oc(C)cc23)[nH]1. The lowest BCUT2D eigenvalue weighted by atomic mass is 9.95. The van der Waals surface area contributed by atoms with Gasteiger partial charge in [-0.2, -0.15) is 0 Å². The number of ether oxygens (including phenoxy) is 1. The molecule has 8 rings (SSSR count). The number of furan rings is 2. The third kappa shape index (κ3) is 7.86. The predicted octanol–water partition coefficient (Wildman–Crippen LogP) is 9.49. The van der Waals surface area contributed by atoms with Crippen molar-refractivity contribution in [3.8, 4) is 33.6 Å². The Kier molecular flexibility index (Phi) is 11.8. The molecule has 326 valence electrons. The molecular weight excluding hydrogens is 785 g/mol. The average molecular weight is 843 g/mol. The normalized spacial score (nSPS) is 17.7. The first-order valence-corrected chi connectivity index (χ1v) is 21.8. The standard InChI is InChI=1S/C48H58N8O6/c1-10-40(57)53-41(25(2)3)29(8)55-19-11-13-38(55)45-49-23-36(51-45)31-16-17-32(43-35(31)22-28(7)61-43)30-15-18-33(44-34(30)21-27(6)62-44)37-24-50-46(52-37)39-14-12-20-56(39)47(58)42(26(4)5)54-48(59)60-9/h15-18,21-26,38-39,41-42H,8,10-14,19-20H2,1-7,9H3,(H,49,51)(H,50,52)(H,53,57)(H,54,59)/t38-,39-,41-,42-/m0/s1. The maximum Gasteiger partial charge on any atom is 0.407 e. The van der Waals surface area contributed by atoms with Gasteiger partial charge in [0.15, 0.2) is 0 Å². The number of aromatic amines is 2. The Morgan fingerprint density at radius 3 is 1.89 bits per heavy atom. The number of nitrogens with one attached hydrogen (secondary N) is 4. The van der Waals surface area contributed by atoms with Crippen molar-refractivity contribution >= 4 is 39.8 Å². The molecule has 4 aromatic heterocycles. The number of hydrogen-bond acceptors (Lipinski definition) is 9. The maximum absolute atomic E-state index is 13.8. The van der Waals surface area contributed by atoms with E-state index in [9.17, 15) is 14.4 Å². The molecular formula is C48H58N8O6. The van der Waals surface area contributed by atoms with E-state index in [0.29, 0.717) is 24.4 Å². The summed E-state index contributed by atoms with van der Waals surface area (Å²) in [7, 11) is 1.29. The Labute approximate surface area is 361 Å². The van der Waals surface area contributed by atoms with E-state index in [1.54, 1.807) is 6.20 Å². The number of amides is 3. The van der Waals surface area contributed by atoms with Gasteiger partial charge in [-0.25, -0.2) is 14.8 Å². The van der Waals surface area contributed by atoms with Gasteiger partial charge in [0.1, 0.15) is 40.4 Å². The van der Waals surface area contributed by atoms with E-state index in [2.05, 4.69) is 76.3 Å². The summed E-state index contributed by atoms with van der Waals surface area (Å²) in [6.07, 6.45) is 7.00. The summed E-state index contributed by atoms with van der Waals surface area (Å²) < 4.78 is 17.7. The van der Waals surface area contributed by atoms with Crippen molar-refractivity contribution in [1.82, 2.24) is 40.4 Å². The molecule has 2 fully saturated rings. The number of fused-ring (bicyclic) bond motifs is 2. The number of benzene rings is 2. The van der Waals surface area contributed by atoms with Gasteiger partial charge in [0, 0.05) is 52.7 Å². The molecule has 2 saturated heterocycles. The molecule has 3 amide bonds. The fraction of sp³-hybridized carbons (Fsp3) is 0.438. The summed E-state index contributed by atoms with van der Waals surface area (Å²) >= 11 is 0. The van der Waals surface area contributed by atoms with Crippen LogP contribution in [0.3, 0.4) is 0 Å². The highest BCUT2D eigenvalue weighted by atomic mass is 16.5. The summed E-state index contributed by atoms with van der Waals surface area (Å²) in [6, 6.07) is 11.4. The van der Waals surface area contributed by atoms with Crippen molar-refractivity contribution in [3.63, 3.8) is 0 Å². The molecule has 6 aromatic rings. The number of rotatable bonds is 13. The zero-order valence-electron chi connectivity index (χ0n) is 37.0. The van der Waals surface area contributed by atoms with Gasteiger partial charge < -0.3 is 44.0 Å². The number of nitrogens with zero attached hydrogens (tertiary/aromatic N) is 4. The van der Waals surface area contributed by atoms with Gasteiger partial charge in [0.05, 0.1) is 49.0 Å². The zero-order chi connectivity index (χ0) is 44.0. The van der Waals surface area contributed by atoms with E-state index in [1.165, 1.54) is 7.11 Å². The lowest BCUT2D eigenvalue weighted by Gasteiger charge is -2.34. The molecule has 0 saturated carbocycles. The van der Waals surface area contributed by atoms with E-state index in [1.807, 2.05) is 51.8 Å². The zero-order valence-corrected chi connectivity index (χ0v) is 37.0. The Bertz CT molecular complexity index is 2470. The van der Waals surface area contributed by atoms with Crippen molar-refractivity contribution in [2.45, 2.75) is 105 Å². The molecule has 0 radical (unpaired) electrons. The number of hydrogen-bond donors (Lipinski definition) is 4. The topological polar surface area (TPSA) is 175 Å². The molecule has 14 nitrogen and oxygen atoms in total. The molecule has 2 aliphatic rings. The molecule has 0 spiro atoms. The van der Waals surface area contributed by atoms with Crippen molar-refractivity contribution in [3.05, 3.63) is 84.2 Å². The van der Waals surface area contributed by atoms with Crippen LogP contribution in [-0.4, -0.2) is 79.9 Å². The van der Waals surface area contributed by atoms with Crippen LogP contribution in [0.25, 0.3) is 55.6 Å². The molecule has 2 aliphatic heterocycles. The third-order valence-electron chi connectivity index (χ3n) is 12.5. The summed E-state index contributed by atoms with van der Waals surface area (Å²) in [6.45, 7) is 19.7. The smallest absolute Gasteiger partial charge is 0.407 e. The number of carbonyl (C=O) groups is 3. The molecule has 14 heteroatoms. The van der Waals surface area contributed by atoms with Crippen molar-refractivity contribution in [2.24, 2.45) is 11.8 Å². The molecule has 0 bridgehead atoms. The summed E-state index contributed by atoms with van der Waals surface area (Å²) in [4.78, 5) is 59.3. The number of likely N-dealkylation sites (tertiary alicyclic amines) is 2. The minimum atomic E-state index is -0.717. The van der Waals surface area contributed by atoms with Crippen LogP contribution in [0, 0.1) is 25.7 Å². The summed E-state index contributed by atoms with van der Waals surface area (Å²) in [5.41, 5.74) is 7.81. The number of aromatic nitrogens is 4. The second kappa shape index (κ2) is 17.2. The molecule has 62 heavy (non-hydrogen) atoms. The van der Waals surface area contributed by atoms with Crippen molar-refractivity contribution < 1.29 is 28.0 Å². The number of aryl methyl sites for hydroxylation is 2. The van der Waals surface area contributed by atoms with Crippen LogP contribution in [0.5, 0.6) is 0 Å². The number of alkyl carbamates (subject to hydrolysis) is 1. The Balaban J connectivity index is 1.08. The second-order valence-corrected chi connectivity index (χ2v) is 17.4. The fourth-order valence-electron chi connectivity index (χ4n) is 9.35. The van der Waals surface area contributed by atoms with Crippen LogP contribution in [-0.2, 0) is 14.3 Å².